The second-order valence-electron chi connectivity index (χ2n) is 3.03. The van der Waals surface area contributed by atoms with Gasteiger partial charge < -0.3 is 0 Å². The monoisotopic (exact) mass is 128 g/mol. The maximum Gasteiger partial charge on any atom is 0.0105 e. The molecule has 0 aliphatic heterocycles. The fourth-order valence-corrected chi connectivity index (χ4v) is 0.899. The molecule has 1 aliphatic carbocycles. The van der Waals surface area contributed by atoms with Crippen molar-refractivity contribution >= 4 is 0 Å². The second-order valence-corrected chi connectivity index (χ2v) is 3.03. The Kier molecular flexibility index (Phi) is 2.49. The molecule has 0 aromatic carbocycles. The van der Waals surface area contributed by atoms with Crippen LogP contribution >= 0.6 is 0 Å². The molecule has 1 aliphatic rings. The van der Waals surface area contributed by atoms with Gasteiger partial charge in [0.05, 0.1) is 0 Å². The maximum absolute atomic E-state index is 3.25. The van der Waals surface area contributed by atoms with E-state index in [1.54, 1.807) is 0 Å². The van der Waals surface area contributed by atoms with Crippen molar-refractivity contribution in [2.75, 3.05) is 20.6 Å². The fourth-order valence-electron chi connectivity index (χ4n) is 0.899. The first kappa shape index (κ1) is 7.03. The molecule has 54 valence electrons. The van der Waals surface area contributed by atoms with Gasteiger partial charge in [0.1, 0.15) is 0 Å². The van der Waals surface area contributed by atoms with E-state index in [0.29, 0.717) is 0 Å². The van der Waals surface area contributed by atoms with Crippen LogP contribution in [0.2, 0.25) is 0 Å². The molecule has 9 heavy (non-hydrogen) atoms. The van der Waals surface area contributed by atoms with E-state index < -0.39 is 0 Å². The van der Waals surface area contributed by atoms with E-state index in [9.17, 15) is 0 Å². The molecule has 0 aromatic rings. The largest absolute Gasteiger partial charge is 0.256 e. The van der Waals surface area contributed by atoms with Crippen LogP contribution < -0.4 is 5.43 Å². The maximum atomic E-state index is 3.25. The molecular weight excluding hydrogens is 112 g/mol. The lowest BCUT2D eigenvalue weighted by atomic mass is 10.3. The summed E-state index contributed by atoms with van der Waals surface area (Å²) in [5.41, 5.74) is 3.25. The number of hydrogen-bond acceptors (Lipinski definition) is 2. The molecule has 1 rings (SSSR count). The van der Waals surface area contributed by atoms with Crippen molar-refractivity contribution in [2.24, 2.45) is 5.92 Å². The Morgan fingerprint density at radius 2 is 2.11 bits per heavy atom. The third-order valence-corrected chi connectivity index (χ3v) is 1.68. The summed E-state index contributed by atoms with van der Waals surface area (Å²) >= 11 is 0. The van der Waals surface area contributed by atoms with Crippen LogP contribution in [0.1, 0.15) is 19.3 Å². The van der Waals surface area contributed by atoms with Gasteiger partial charge in [-0.3, -0.25) is 10.4 Å². The molecule has 0 saturated heterocycles. The Hall–Kier alpha value is -0.0800. The zero-order chi connectivity index (χ0) is 6.69. The van der Waals surface area contributed by atoms with Gasteiger partial charge >= 0.3 is 0 Å². The molecule has 0 bridgehead atoms. The summed E-state index contributed by atoms with van der Waals surface area (Å²) < 4.78 is 0. The highest BCUT2D eigenvalue weighted by molar-refractivity contribution is 4.72. The van der Waals surface area contributed by atoms with Gasteiger partial charge in [0, 0.05) is 20.6 Å². The van der Waals surface area contributed by atoms with Crippen molar-refractivity contribution in [3.8, 4) is 0 Å². The van der Waals surface area contributed by atoms with Gasteiger partial charge in [-0.05, 0) is 12.3 Å². The average Bonchev–Trinajstić information content (AvgIpc) is 2.48. The lowest BCUT2D eigenvalue weighted by Crippen LogP contribution is -2.31. The van der Waals surface area contributed by atoms with Crippen molar-refractivity contribution in [3.63, 3.8) is 0 Å². The Bertz CT molecular complexity index is 75.0. The van der Waals surface area contributed by atoms with E-state index in [2.05, 4.69) is 5.43 Å². The lowest BCUT2D eigenvalue weighted by Gasteiger charge is -2.10. The summed E-state index contributed by atoms with van der Waals surface area (Å²) in [4.78, 5) is 0. The van der Waals surface area contributed by atoms with Gasteiger partial charge in [-0.1, -0.05) is 12.8 Å². The Balaban J connectivity index is 1.81. The highest BCUT2D eigenvalue weighted by Crippen LogP contribution is 2.31. The van der Waals surface area contributed by atoms with Crippen LogP contribution in [0.25, 0.3) is 0 Å². The van der Waals surface area contributed by atoms with Crippen molar-refractivity contribution < 1.29 is 0 Å². The van der Waals surface area contributed by atoms with Gasteiger partial charge in [-0.25, -0.2) is 0 Å². The Labute approximate surface area is 57.2 Å². The molecule has 0 heterocycles. The summed E-state index contributed by atoms with van der Waals surface area (Å²) in [6.45, 7) is 1.15. The van der Waals surface area contributed by atoms with Gasteiger partial charge in [0.2, 0.25) is 0 Å². The molecule has 1 saturated carbocycles. The zero-order valence-corrected chi connectivity index (χ0v) is 6.35. The van der Waals surface area contributed by atoms with E-state index >= 15 is 0 Å². The van der Waals surface area contributed by atoms with Crippen LogP contribution in [0.4, 0.5) is 0 Å². The first-order chi connectivity index (χ1) is 4.29. The predicted molar refractivity (Wildman–Crippen MR) is 39.0 cm³/mol. The summed E-state index contributed by atoms with van der Waals surface area (Å²) in [5.74, 6) is 1.05. The molecule has 0 atom stereocenters. The van der Waals surface area contributed by atoms with Gasteiger partial charge in [-0.2, -0.15) is 0 Å². The molecule has 2 nitrogen and oxygen atoms in total. The Morgan fingerprint density at radius 3 is 2.56 bits per heavy atom. The minimum atomic E-state index is 1.05. The summed E-state index contributed by atoms with van der Waals surface area (Å²) in [6, 6.07) is 0. The van der Waals surface area contributed by atoms with Gasteiger partial charge in [-0.15, -0.1) is 0 Å². The van der Waals surface area contributed by atoms with Crippen LogP contribution in [0.3, 0.4) is 0 Å². The van der Waals surface area contributed by atoms with Crippen LogP contribution in [-0.4, -0.2) is 25.6 Å². The molecule has 0 radical (unpaired) electrons. The summed E-state index contributed by atoms with van der Waals surface area (Å²) in [7, 11) is 4.07. The quantitative estimate of drug-likeness (QED) is 0.565. The SMILES string of the molecule is CN(C)NCCC1CC1. The number of hydrogen-bond donors (Lipinski definition) is 1. The van der Waals surface area contributed by atoms with E-state index in [4.69, 9.17) is 0 Å². The van der Waals surface area contributed by atoms with E-state index in [-0.39, 0.29) is 0 Å². The highest BCUT2D eigenvalue weighted by Gasteiger charge is 2.19. The van der Waals surface area contributed by atoms with E-state index in [1.807, 2.05) is 19.1 Å². The van der Waals surface area contributed by atoms with E-state index in [0.717, 1.165) is 12.5 Å². The highest BCUT2D eigenvalue weighted by atomic mass is 15.5. The minimum Gasteiger partial charge on any atom is -0.256 e. The van der Waals surface area contributed by atoms with Gasteiger partial charge in [0.25, 0.3) is 0 Å². The number of nitrogens with one attached hydrogen (secondary N) is 1. The molecule has 0 aromatic heterocycles. The molecule has 0 amide bonds. The number of rotatable bonds is 4. The average molecular weight is 128 g/mol. The zero-order valence-electron chi connectivity index (χ0n) is 6.35. The minimum absolute atomic E-state index is 1.05. The molecule has 0 unspecified atom stereocenters. The van der Waals surface area contributed by atoms with Crippen LogP contribution in [0.15, 0.2) is 0 Å². The first-order valence-electron chi connectivity index (χ1n) is 3.70. The van der Waals surface area contributed by atoms with E-state index in [1.165, 1.54) is 19.3 Å². The van der Waals surface area contributed by atoms with Gasteiger partial charge in [0.15, 0.2) is 0 Å². The second kappa shape index (κ2) is 3.18. The van der Waals surface area contributed by atoms with Crippen molar-refractivity contribution in [2.45, 2.75) is 19.3 Å². The molecule has 1 fully saturated rings. The first-order valence-corrected chi connectivity index (χ1v) is 3.70. The molecule has 2 heteroatoms. The summed E-state index contributed by atoms with van der Waals surface area (Å²) in [5, 5.41) is 2.02. The number of hydrazine groups is 1. The van der Waals surface area contributed by atoms with Crippen molar-refractivity contribution in [1.82, 2.24) is 10.4 Å². The third kappa shape index (κ3) is 3.49. The van der Waals surface area contributed by atoms with Crippen LogP contribution in [-0.2, 0) is 0 Å². The normalized spacial score (nSPS) is 19.0. The van der Waals surface area contributed by atoms with Crippen molar-refractivity contribution in [3.05, 3.63) is 0 Å². The molecular formula is C7H16N2. The molecule has 1 N–H and O–H groups in total. The predicted octanol–water partition coefficient (Wildman–Crippen LogP) is 0.853. The smallest absolute Gasteiger partial charge is 0.0105 e. The molecule has 0 spiro atoms. The van der Waals surface area contributed by atoms with Crippen molar-refractivity contribution in [1.29, 1.82) is 0 Å². The van der Waals surface area contributed by atoms with Crippen LogP contribution in [0, 0.1) is 5.92 Å². The topological polar surface area (TPSA) is 15.3 Å². The third-order valence-electron chi connectivity index (χ3n) is 1.68. The number of nitrogens with zero attached hydrogens (tertiary/aromatic N) is 1. The Morgan fingerprint density at radius 1 is 1.44 bits per heavy atom. The fraction of sp³-hybridized carbons (Fsp3) is 1.00. The van der Waals surface area contributed by atoms with Crippen LogP contribution in [0.5, 0.6) is 0 Å². The summed E-state index contributed by atoms with van der Waals surface area (Å²) in [6.07, 6.45) is 4.29. The standard InChI is InChI=1S/C7H16N2/c1-9(2)8-6-5-7-3-4-7/h7-8H,3-6H2,1-2H3. The lowest BCUT2D eigenvalue weighted by molar-refractivity contribution is 0.285.